The van der Waals surface area contributed by atoms with Crippen LogP contribution in [0.4, 0.5) is 5.13 Å². The second kappa shape index (κ2) is 9.54. The number of hydrogen-bond acceptors (Lipinski definition) is 7. The van der Waals surface area contributed by atoms with Gasteiger partial charge in [-0.15, -0.1) is 11.3 Å². The van der Waals surface area contributed by atoms with Gasteiger partial charge in [0.15, 0.2) is 5.13 Å². The van der Waals surface area contributed by atoms with Crippen molar-refractivity contribution in [3.05, 3.63) is 35.3 Å². The molecule has 1 saturated carbocycles. The first-order valence-electron chi connectivity index (χ1n) is 10.6. The molecule has 1 saturated heterocycles. The number of anilines is 1. The van der Waals surface area contributed by atoms with Crippen LogP contribution in [0.5, 0.6) is 5.75 Å². The zero-order valence-corrected chi connectivity index (χ0v) is 19.3. The number of carbonyl (C=O) groups is 1. The van der Waals surface area contributed by atoms with Gasteiger partial charge in [0.1, 0.15) is 10.6 Å². The van der Waals surface area contributed by atoms with Gasteiger partial charge in [0.2, 0.25) is 10.0 Å². The Morgan fingerprint density at radius 1 is 1.16 bits per heavy atom. The number of amides is 1. The molecule has 2 aromatic rings. The van der Waals surface area contributed by atoms with Crippen LogP contribution in [-0.2, 0) is 10.0 Å². The summed E-state index contributed by atoms with van der Waals surface area (Å²) >= 11 is 1.59. The molecule has 0 unspecified atom stereocenters. The first-order valence-corrected chi connectivity index (χ1v) is 13.0. The Labute approximate surface area is 187 Å². The Kier molecular flexibility index (Phi) is 6.78. The lowest BCUT2D eigenvalue weighted by Crippen LogP contribution is -2.36. The molecule has 1 aliphatic heterocycles. The minimum absolute atomic E-state index is 0.0204. The van der Waals surface area contributed by atoms with Crippen molar-refractivity contribution in [1.82, 2.24) is 14.6 Å². The molecule has 168 valence electrons. The quantitative estimate of drug-likeness (QED) is 0.707. The lowest BCUT2D eigenvalue weighted by Gasteiger charge is -2.22. The van der Waals surface area contributed by atoms with Crippen LogP contribution in [0.3, 0.4) is 0 Å². The van der Waals surface area contributed by atoms with Gasteiger partial charge in [-0.25, -0.2) is 18.1 Å². The number of aromatic nitrogens is 1. The van der Waals surface area contributed by atoms with E-state index in [2.05, 4.69) is 14.6 Å². The molecule has 10 heteroatoms. The van der Waals surface area contributed by atoms with E-state index in [9.17, 15) is 13.2 Å². The standard InChI is InChI=1S/C21H28N4O4S2/c1-29-18-8-7-16(15-19(18)31(27,28)23-17-5-2-3-6-17)20(26)24-10-4-11-25(13-12-24)21-22-9-14-30-21/h7-9,14-15,17,23H,2-6,10-13H2,1H3. The summed E-state index contributed by atoms with van der Waals surface area (Å²) in [6.07, 6.45) is 6.33. The predicted octanol–water partition coefficient (Wildman–Crippen LogP) is 2.73. The fourth-order valence-corrected chi connectivity index (χ4v) is 6.41. The van der Waals surface area contributed by atoms with Gasteiger partial charge >= 0.3 is 0 Å². The van der Waals surface area contributed by atoms with Crippen molar-refractivity contribution < 1.29 is 17.9 Å². The molecule has 0 radical (unpaired) electrons. The molecule has 1 aromatic heterocycles. The number of nitrogens with zero attached hydrogens (tertiary/aromatic N) is 3. The van der Waals surface area contributed by atoms with Crippen LogP contribution >= 0.6 is 11.3 Å². The van der Waals surface area contributed by atoms with E-state index in [1.807, 2.05) is 5.38 Å². The van der Waals surface area contributed by atoms with E-state index in [1.165, 1.54) is 13.2 Å². The fraction of sp³-hybridized carbons (Fsp3) is 0.524. The SMILES string of the molecule is COc1ccc(C(=O)N2CCCN(c3nccs3)CC2)cc1S(=O)(=O)NC1CCCC1. The Bertz CT molecular complexity index is 1000. The molecule has 8 nitrogen and oxygen atoms in total. The third-order valence-electron chi connectivity index (χ3n) is 5.85. The van der Waals surface area contributed by atoms with Gasteiger partial charge in [0.25, 0.3) is 5.91 Å². The third-order valence-corrected chi connectivity index (χ3v) is 8.22. The molecule has 1 amide bonds. The number of benzene rings is 1. The molecule has 1 aromatic carbocycles. The molecule has 0 bridgehead atoms. The smallest absolute Gasteiger partial charge is 0.253 e. The zero-order chi connectivity index (χ0) is 21.8. The maximum Gasteiger partial charge on any atom is 0.253 e. The Morgan fingerprint density at radius 3 is 2.68 bits per heavy atom. The average Bonchev–Trinajstić information content (AvgIpc) is 3.43. The highest BCUT2D eigenvalue weighted by atomic mass is 32.2. The summed E-state index contributed by atoms with van der Waals surface area (Å²) in [5.41, 5.74) is 0.357. The van der Waals surface area contributed by atoms with Crippen LogP contribution in [0.15, 0.2) is 34.7 Å². The fourth-order valence-electron chi connectivity index (χ4n) is 4.21. The van der Waals surface area contributed by atoms with Gasteiger partial charge in [0, 0.05) is 49.4 Å². The van der Waals surface area contributed by atoms with Gasteiger partial charge in [-0.1, -0.05) is 12.8 Å². The first kappa shape index (κ1) is 22.0. The van der Waals surface area contributed by atoms with Crippen molar-refractivity contribution in [2.24, 2.45) is 0 Å². The van der Waals surface area contributed by atoms with Gasteiger partial charge in [-0.2, -0.15) is 0 Å². The Balaban J connectivity index is 1.52. The van der Waals surface area contributed by atoms with E-state index < -0.39 is 10.0 Å². The van der Waals surface area contributed by atoms with E-state index in [-0.39, 0.29) is 22.6 Å². The molecule has 0 atom stereocenters. The number of rotatable bonds is 6. The number of methoxy groups -OCH3 is 1. The molecular weight excluding hydrogens is 436 g/mol. The van der Waals surface area contributed by atoms with Crippen molar-refractivity contribution in [1.29, 1.82) is 0 Å². The summed E-state index contributed by atoms with van der Waals surface area (Å²) in [6.45, 7) is 2.72. The summed E-state index contributed by atoms with van der Waals surface area (Å²) in [6, 6.07) is 4.59. The first-order chi connectivity index (χ1) is 15.0. The van der Waals surface area contributed by atoms with Gasteiger partial charge in [-0.05, 0) is 37.5 Å². The minimum Gasteiger partial charge on any atom is -0.495 e. The molecule has 0 spiro atoms. The molecule has 2 heterocycles. The Morgan fingerprint density at radius 2 is 1.97 bits per heavy atom. The summed E-state index contributed by atoms with van der Waals surface area (Å²) in [4.78, 5) is 21.6. The largest absolute Gasteiger partial charge is 0.495 e. The van der Waals surface area contributed by atoms with E-state index in [0.29, 0.717) is 25.2 Å². The van der Waals surface area contributed by atoms with Crippen LogP contribution in [0.25, 0.3) is 0 Å². The maximum atomic E-state index is 13.2. The lowest BCUT2D eigenvalue weighted by molar-refractivity contribution is 0.0766. The van der Waals surface area contributed by atoms with Crippen LogP contribution < -0.4 is 14.4 Å². The van der Waals surface area contributed by atoms with E-state index in [1.54, 1.807) is 34.6 Å². The molecule has 2 fully saturated rings. The highest BCUT2D eigenvalue weighted by Crippen LogP contribution is 2.28. The molecular formula is C21H28N4O4S2. The van der Waals surface area contributed by atoms with Crippen LogP contribution in [-0.4, -0.2) is 63.5 Å². The van der Waals surface area contributed by atoms with Crippen molar-refractivity contribution in [2.75, 3.05) is 38.2 Å². The monoisotopic (exact) mass is 464 g/mol. The minimum atomic E-state index is -3.78. The normalized spacial score (nSPS) is 18.2. The third kappa shape index (κ3) is 5.02. The van der Waals surface area contributed by atoms with Gasteiger partial charge < -0.3 is 14.5 Å². The van der Waals surface area contributed by atoms with Crippen LogP contribution in [0.2, 0.25) is 0 Å². The number of sulfonamides is 1. The zero-order valence-electron chi connectivity index (χ0n) is 17.6. The summed E-state index contributed by atoms with van der Waals surface area (Å²) in [7, 11) is -2.34. The van der Waals surface area contributed by atoms with Crippen molar-refractivity contribution in [3.63, 3.8) is 0 Å². The maximum absolute atomic E-state index is 13.2. The van der Waals surface area contributed by atoms with Gasteiger partial charge in [-0.3, -0.25) is 4.79 Å². The number of ether oxygens (including phenoxy) is 1. The van der Waals surface area contributed by atoms with Crippen molar-refractivity contribution >= 4 is 32.4 Å². The van der Waals surface area contributed by atoms with Crippen molar-refractivity contribution in [3.8, 4) is 5.75 Å². The molecule has 2 aliphatic rings. The van der Waals surface area contributed by atoms with E-state index in [4.69, 9.17) is 4.74 Å². The second-order valence-electron chi connectivity index (χ2n) is 7.92. The lowest BCUT2D eigenvalue weighted by atomic mass is 10.2. The molecule has 1 N–H and O–H groups in total. The molecule has 1 aliphatic carbocycles. The van der Waals surface area contributed by atoms with Gasteiger partial charge in [0.05, 0.1) is 7.11 Å². The van der Waals surface area contributed by atoms with Crippen LogP contribution in [0, 0.1) is 0 Å². The average molecular weight is 465 g/mol. The summed E-state index contributed by atoms with van der Waals surface area (Å²) < 4.78 is 34.1. The number of nitrogens with one attached hydrogen (secondary N) is 1. The highest BCUT2D eigenvalue weighted by molar-refractivity contribution is 7.89. The Hall–Kier alpha value is -2.17. The van der Waals surface area contributed by atoms with Crippen LogP contribution in [0.1, 0.15) is 42.5 Å². The number of hydrogen-bond donors (Lipinski definition) is 1. The number of carbonyl (C=O) groups excluding carboxylic acids is 1. The highest BCUT2D eigenvalue weighted by Gasteiger charge is 2.28. The van der Waals surface area contributed by atoms with Crippen molar-refractivity contribution in [2.45, 2.75) is 43.0 Å². The van der Waals surface area contributed by atoms with E-state index >= 15 is 0 Å². The molecule has 4 rings (SSSR count). The summed E-state index contributed by atoms with van der Waals surface area (Å²) in [5.74, 6) is 0.0776. The topological polar surface area (TPSA) is 91.8 Å². The number of thiazole rings is 1. The summed E-state index contributed by atoms with van der Waals surface area (Å²) in [5, 5.41) is 2.91. The molecule has 31 heavy (non-hydrogen) atoms. The van der Waals surface area contributed by atoms with E-state index in [0.717, 1.165) is 43.8 Å². The second-order valence-corrected chi connectivity index (χ2v) is 10.5. The predicted molar refractivity (Wildman–Crippen MR) is 120 cm³/mol.